The first kappa shape index (κ1) is 29.8. The largest absolute Gasteiger partial charge is 0.379 e. The van der Waals surface area contributed by atoms with Gasteiger partial charge in [-0.15, -0.1) is 0 Å². The van der Waals surface area contributed by atoms with E-state index in [1.807, 2.05) is 45.9 Å². The van der Waals surface area contributed by atoms with E-state index in [1.54, 1.807) is 4.31 Å². The van der Waals surface area contributed by atoms with Crippen molar-refractivity contribution >= 4 is 15.9 Å². The highest BCUT2D eigenvalue weighted by atomic mass is 32.2. The van der Waals surface area contributed by atoms with Gasteiger partial charge in [0.25, 0.3) is 5.91 Å². The smallest absolute Gasteiger partial charge is 0.251 e. The molecule has 4 rings (SSSR count). The molecule has 1 saturated heterocycles. The second-order valence-corrected chi connectivity index (χ2v) is 15.3. The van der Waals surface area contributed by atoms with Crippen LogP contribution in [-0.2, 0) is 26.7 Å². The van der Waals surface area contributed by atoms with Crippen LogP contribution in [0.5, 0.6) is 0 Å². The van der Waals surface area contributed by atoms with Gasteiger partial charge in [0.15, 0.2) is 0 Å². The number of nitrogens with zero attached hydrogens (tertiary/aromatic N) is 2. The first-order valence-electron chi connectivity index (χ1n) is 14.4. The Morgan fingerprint density at radius 2 is 1.62 bits per heavy atom. The molecule has 0 atom stereocenters. The second kappa shape index (κ2) is 11.4. The van der Waals surface area contributed by atoms with E-state index in [0.29, 0.717) is 42.7 Å². The number of sulfonamides is 1. The number of carbonyl (C=O) groups is 1. The van der Waals surface area contributed by atoms with Crippen LogP contribution >= 0.6 is 0 Å². The van der Waals surface area contributed by atoms with Crippen molar-refractivity contribution < 1.29 is 17.9 Å². The van der Waals surface area contributed by atoms with Crippen molar-refractivity contribution in [3.05, 3.63) is 41.1 Å². The quantitative estimate of drug-likeness (QED) is 0.480. The van der Waals surface area contributed by atoms with Crippen LogP contribution in [0.4, 0.5) is 0 Å². The Bertz CT molecular complexity index is 1290. The predicted molar refractivity (Wildman–Crippen MR) is 157 cm³/mol. The zero-order chi connectivity index (χ0) is 28.6. The van der Waals surface area contributed by atoms with Crippen molar-refractivity contribution in [1.82, 2.24) is 14.2 Å². The van der Waals surface area contributed by atoms with Crippen molar-refractivity contribution in [3.63, 3.8) is 0 Å². The van der Waals surface area contributed by atoms with Crippen LogP contribution < -0.4 is 5.32 Å². The molecule has 1 amide bonds. The molecular weight excluding hydrogens is 510 g/mol. The summed E-state index contributed by atoms with van der Waals surface area (Å²) in [6.07, 6.45) is 6.02. The van der Waals surface area contributed by atoms with Gasteiger partial charge in [-0.05, 0) is 87.3 Å². The van der Waals surface area contributed by atoms with Crippen LogP contribution in [-0.4, -0.2) is 55.0 Å². The Morgan fingerprint density at radius 3 is 2.21 bits per heavy atom. The average molecular weight is 558 g/mol. The molecule has 0 spiro atoms. The maximum absolute atomic E-state index is 13.8. The van der Waals surface area contributed by atoms with E-state index < -0.39 is 10.0 Å². The molecule has 2 fully saturated rings. The van der Waals surface area contributed by atoms with Gasteiger partial charge in [0.2, 0.25) is 10.0 Å². The second-order valence-electron chi connectivity index (χ2n) is 13.4. The number of hydrogen-bond donors (Lipinski definition) is 1. The highest BCUT2D eigenvalue weighted by molar-refractivity contribution is 7.89. The molecule has 8 heteroatoms. The molecular formula is C31H47N3O4S. The van der Waals surface area contributed by atoms with Crippen molar-refractivity contribution in [3.8, 4) is 11.3 Å². The third-order valence-corrected chi connectivity index (χ3v) is 9.93. The van der Waals surface area contributed by atoms with E-state index in [-0.39, 0.29) is 16.9 Å². The number of nitrogens with one attached hydrogen (secondary N) is 1. The van der Waals surface area contributed by atoms with Crippen LogP contribution in [0, 0.1) is 12.8 Å². The van der Waals surface area contributed by atoms with Gasteiger partial charge in [-0.2, -0.15) is 4.31 Å². The van der Waals surface area contributed by atoms with Gasteiger partial charge in [-0.1, -0.05) is 40.0 Å². The van der Waals surface area contributed by atoms with Crippen molar-refractivity contribution in [1.29, 1.82) is 0 Å². The first-order valence-corrected chi connectivity index (χ1v) is 15.9. The summed E-state index contributed by atoms with van der Waals surface area (Å²) in [4.78, 5) is 13.7. The lowest BCUT2D eigenvalue weighted by atomic mass is 9.84. The molecule has 0 radical (unpaired) electrons. The summed E-state index contributed by atoms with van der Waals surface area (Å²) >= 11 is 0. The highest BCUT2D eigenvalue weighted by Gasteiger charge is 2.32. The number of rotatable bonds is 6. The topological polar surface area (TPSA) is 80.6 Å². The van der Waals surface area contributed by atoms with Gasteiger partial charge in [-0.3, -0.25) is 4.79 Å². The van der Waals surface area contributed by atoms with Crippen LogP contribution in [0.25, 0.3) is 11.3 Å². The molecule has 1 aliphatic heterocycles. The van der Waals surface area contributed by atoms with Gasteiger partial charge in [0.1, 0.15) is 4.90 Å². The number of benzene rings is 1. The fraction of sp³-hybridized carbons (Fsp3) is 0.645. The van der Waals surface area contributed by atoms with Crippen molar-refractivity contribution in [2.75, 3.05) is 26.3 Å². The molecule has 216 valence electrons. The maximum Gasteiger partial charge on any atom is 0.251 e. The van der Waals surface area contributed by atoms with E-state index in [9.17, 15) is 13.2 Å². The minimum absolute atomic E-state index is 0.127. The number of amides is 1. The molecule has 2 aromatic rings. The fourth-order valence-electron chi connectivity index (χ4n) is 5.66. The van der Waals surface area contributed by atoms with E-state index >= 15 is 0 Å². The maximum atomic E-state index is 13.8. The van der Waals surface area contributed by atoms with Gasteiger partial charge in [0.05, 0.1) is 13.2 Å². The van der Waals surface area contributed by atoms with E-state index in [1.165, 1.54) is 19.3 Å². The van der Waals surface area contributed by atoms with Gasteiger partial charge in [0, 0.05) is 42.1 Å². The number of morpholine rings is 1. The minimum atomic E-state index is -3.68. The molecule has 2 aliphatic rings. The van der Waals surface area contributed by atoms with Crippen molar-refractivity contribution in [2.45, 2.75) is 103 Å². The Balaban J connectivity index is 1.87. The summed E-state index contributed by atoms with van der Waals surface area (Å²) in [5.74, 6) is 0.384. The van der Waals surface area contributed by atoms with E-state index in [2.05, 4.69) is 36.7 Å². The zero-order valence-corrected chi connectivity index (χ0v) is 25.7. The summed E-state index contributed by atoms with van der Waals surface area (Å²) in [7, 11) is -3.68. The average Bonchev–Trinajstić information content (AvgIpc) is 3.20. The normalized spacial score (nSPS) is 18.3. The fourth-order valence-corrected chi connectivity index (χ4v) is 7.31. The number of aromatic nitrogens is 1. The molecule has 1 aliphatic carbocycles. The Labute approximate surface area is 235 Å². The standard InChI is InChI=1S/C31H47N3O4S/c1-22-28(39(36,37)33-13-15-38-16-14-33)20-27(34(22)21-23-11-9-8-10-12-23)24-17-25(29(35)32-31(5,6)7)19-26(18-24)30(2,3)4/h17-20,23H,8-16,21H2,1-7H3,(H,32,35). The molecule has 2 heterocycles. The molecule has 1 aromatic heterocycles. The van der Waals surface area contributed by atoms with Crippen LogP contribution in [0.15, 0.2) is 29.2 Å². The Hall–Kier alpha value is -2.16. The molecule has 7 nitrogen and oxygen atoms in total. The first-order chi connectivity index (χ1) is 18.2. The van der Waals surface area contributed by atoms with E-state index in [0.717, 1.165) is 41.9 Å². The molecule has 1 N–H and O–H groups in total. The SMILES string of the molecule is Cc1c(S(=O)(=O)N2CCOCC2)cc(-c2cc(C(=O)NC(C)(C)C)cc(C(C)(C)C)c2)n1CC1CCCCC1. The zero-order valence-electron chi connectivity index (χ0n) is 24.9. The predicted octanol–water partition coefficient (Wildman–Crippen LogP) is 5.89. The molecule has 39 heavy (non-hydrogen) atoms. The molecule has 1 saturated carbocycles. The van der Waals surface area contributed by atoms with Gasteiger partial charge >= 0.3 is 0 Å². The highest BCUT2D eigenvalue weighted by Crippen LogP contribution is 2.36. The Kier molecular flexibility index (Phi) is 8.70. The van der Waals surface area contributed by atoms with Crippen LogP contribution in [0.1, 0.15) is 95.3 Å². The number of hydrogen-bond acceptors (Lipinski definition) is 4. The molecule has 1 aromatic carbocycles. The third-order valence-electron chi connectivity index (χ3n) is 7.92. The monoisotopic (exact) mass is 557 g/mol. The van der Waals surface area contributed by atoms with Gasteiger partial charge < -0.3 is 14.6 Å². The summed E-state index contributed by atoms with van der Waals surface area (Å²) in [6, 6.07) is 7.87. The summed E-state index contributed by atoms with van der Waals surface area (Å²) in [6.45, 7) is 16.6. The van der Waals surface area contributed by atoms with Crippen LogP contribution in [0.2, 0.25) is 0 Å². The molecule has 0 unspecified atom stereocenters. The molecule has 0 bridgehead atoms. The lowest BCUT2D eigenvalue weighted by molar-refractivity contribution is 0.0730. The van der Waals surface area contributed by atoms with Crippen LogP contribution in [0.3, 0.4) is 0 Å². The minimum Gasteiger partial charge on any atom is -0.379 e. The number of ether oxygens (including phenoxy) is 1. The van der Waals surface area contributed by atoms with Gasteiger partial charge in [-0.25, -0.2) is 8.42 Å². The lowest BCUT2D eigenvalue weighted by Gasteiger charge is -2.27. The Morgan fingerprint density at radius 1 is 0.974 bits per heavy atom. The summed E-state index contributed by atoms with van der Waals surface area (Å²) < 4.78 is 36.9. The number of carbonyl (C=O) groups excluding carboxylic acids is 1. The summed E-state index contributed by atoms with van der Waals surface area (Å²) in [5, 5.41) is 3.10. The van der Waals surface area contributed by atoms with E-state index in [4.69, 9.17) is 4.74 Å². The summed E-state index contributed by atoms with van der Waals surface area (Å²) in [5.41, 5.74) is 3.58. The van der Waals surface area contributed by atoms with Crippen molar-refractivity contribution in [2.24, 2.45) is 5.92 Å². The third kappa shape index (κ3) is 6.95. The lowest BCUT2D eigenvalue weighted by Crippen LogP contribution is -2.40.